The second-order valence-corrected chi connectivity index (χ2v) is 3.69. The number of nitrogens with two attached hydrogens (primary N) is 1. The van der Waals surface area contributed by atoms with Gasteiger partial charge in [0.25, 0.3) is 0 Å². The van der Waals surface area contributed by atoms with Gasteiger partial charge in [0.2, 0.25) is 0 Å². The Morgan fingerprint density at radius 3 is 2.20 bits per heavy atom. The molecule has 0 aromatic heterocycles. The summed E-state index contributed by atoms with van der Waals surface area (Å²) in [6.45, 7) is 3.42. The lowest BCUT2D eigenvalue weighted by Gasteiger charge is -2.10. The fourth-order valence-corrected chi connectivity index (χ4v) is 1.52. The lowest BCUT2D eigenvalue weighted by Crippen LogP contribution is -2.26. The van der Waals surface area contributed by atoms with Crippen LogP contribution in [0.1, 0.15) is 16.7 Å². The van der Waals surface area contributed by atoms with Crippen LogP contribution in [0.2, 0.25) is 0 Å². The molecule has 0 aliphatic heterocycles. The monoisotopic (exact) mass is 233 g/mol. The van der Waals surface area contributed by atoms with E-state index in [0.717, 1.165) is 5.56 Å². The molecule has 4 heteroatoms. The zero-order valence-electron chi connectivity index (χ0n) is 8.96. The Bertz CT molecular complexity index is 307. The number of aryl methyl sites for hydroxylation is 2. The van der Waals surface area contributed by atoms with Crippen LogP contribution in [0.3, 0.4) is 0 Å². The summed E-state index contributed by atoms with van der Waals surface area (Å²) in [5.74, 6) is -0.161. The van der Waals surface area contributed by atoms with Crippen LogP contribution in [0.4, 0.5) is 4.39 Å². The van der Waals surface area contributed by atoms with Crippen molar-refractivity contribution < 1.29 is 9.50 Å². The van der Waals surface area contributed by atoms with Crippen molar-refractivity contribution >= 4 is 12.4 Å². The second kappa shape index (κ2) is 6.05. The molecule has 1 unspecified atom stereocenters. The van der Waals surface area contributed by atoms with E-state index in [1.165, 1.54) is 0 Å². The smallest absolute Gasteiger partial charge is 0.129 e. The molecule has 0 amide bonds. The molecule has 0 spiro atoms. The van der Waals surface area contributed by atoms with Gasteiger partial charge in [-0.2, -0.15) is 0 Å². The molecule has 2 nitrogen and oxygen atoms in total. The van der Waals surface area contributed by atoms with Crippen LogP contribution in [-0.2, 0) is 6.42 Å². The van der Waals surface area contributed by atoms with Crippen LogP contribution >= 0.6 is 12.4 Å². The van der Waals surface area contributed by atoms with E-state index in [9.17, 15) is 4.39 Å². The minimum absolute atomic E-state index is 0. The third kappa shape index (κ3) is 3.78. The summed E-state index contributed by atoms with van der Waals surface area (Å²) >= 11 is 0. The van der Waals surface area contributed by atoms with Crippen molar-refractivity contribution in [1.29, 1.82) is 0 Å². The SMILES string of the molecule is Cc1cc(CC(N)CO)cc(C)c1F.Cl. The van der Waals surface area contributed by atoms with Crippen LogP contribution in [0.5, 0.6) is 0 Å². The average molecular weight is 234 g/mol. The molecule has 0 aliphatic carbocycles. The minimum atomic E-state index is -0.265. The van der Waals surface area contributed by atoms with Gasteiger partial charge in [-0.15, -0.1) is 12.4 Å². The molecular weight excluding hydrogens is 217 g/mol. The Morgan fingerprint density at radius 2 is 1.80 bits per heavy atom. The van der Waals surface area contributed by atoms with Gasteiger partial charge in [-0.1, -0.05) is 12.1 Å². The number of benzene rings is 1. The summed E-state index contributed by atoms with van der Waals surface area (Å²) in [6, 6.07) is 3.29. The normalized spacial score (nSPS) is 12.1. The van der Waals surface area contributed by atoms with E-state index in [0.29, 0.717) is 17.5 Å². The Balaban J connectivity index is 0.00000196. The van der Waals surface area contributed by atoms with Crippen LogP contribution in [0.15, 0.2) is 12.1 Å². The summed E-state index contributed by atoms with van der Waals surface area (Å²) in [7, 11) is 0. The first-order valence-corrected chi connectivity index (χ1v) is 4.66. The van der Waals surface area contributed by atoms with Gasteiger partial charge in [-0.3, -0.25) is 0 Å². The van der Waals surface area contributed by atoms with Crippen molar-refractivity contribution in [3.05, 3.63) is 34.6 Å². The highest BCUT2D eigenvalue weighted by Gasteiger charge is 2.07. The highest BCUT2D eigenvalue weighted by molar-refractivity contribution is 5.85. The van der Waals surface area contributed by atoms with E-state index in [-0.39, 0.29) is 30.9 Å². The van der Waals surface area contributed by atoms with Gasteiger partial charge >= 0.3 is 0 Å². The van der Waals surface area contributed by atoms with Crippen molar-refractivity contribution in [3.8, 4) is 0 Å². The summed E-state index contributed by atoms with van der Waals surface area (Å²) in [4.78, 5) is 0. The number of halogens is 2. The topological polar surface area (TPSA) is 46.2 Å². The van der Waals surface area contributed by atoms with Crippen molar-refractivity contribution in [2.45, 2.75) is 26.3 Å². The van der Waals surface area contributed by atoms with Crippen molar-refractivity contribution in [1.82, 2.24) is 0 Å². The quantitative estimate of drug-likeness (QED) is 0.835. The van der Waals surface area contributed by atoms with E-state index in [2.05, 4.69) is 0 Å². The predicted octanol–water partition coefficient (Wildman–Crippen LogP) is 1.73. The van der Waals surface area contributed by atoms with Crippen LogP contribution in [0, 0.1) is 19.7 Å². The highest BCUT2D eigenvalue weighted by atomic mass is 35.5. The number of hydrogen-bond acceptors (Lipinski definition) is 2. The Kier molecular flexibility index (Phi) is 5.80. The standard InChI is InChI=1S/C11H16FNO.ClH/c1-7-3-9(5-10(13)6-14)4-8(2)11(7)12;/h3-4,10,14H,5-6,13H2,1-2H3;1H. The number of rotatable bonds is 3. The fourth-order valence-electron chi connectivity index (χ4n) is 1.52. The van der Waals surface area contributed by atoms with Crippen LogP contribution in [-0.4, -0.2) is 17.8 Å². The molecule has 0 radical (unpaired) electrons. The van der Waals surface area contributed by atoms with Gasteiger partial charge in [0.1, 0.15) is 5.82 Å². The summed E-state index contributed by atoms with van der Waals surface area (Å²) in [5.41, 5.74) is 7.83. The molecule has 0 saturated heterocycles. The summed E-state index contributed by atoms with van der Waals surface area (Å²) in [5, 5.41) is 8.79. The lowest BCUT2D eigenvalue weighted by atomic mass is 10.0. The maximum Gasteiger partial charge on any atom is 0.129 e. The predicted molar refractivity (Wildman–Crippen MR) is 61.9 cm³/mol. The lowest BCUT2D eigenvalue weighted by molar-refractivity contribution is 0.265. The van der Waals surface area contributed by atoms with Gasteiger partial charge < -0.3 is 10.8 Å². The molecule has 0 heterocycles. The summed E-state index contributed by atoms with van der Waals surface area (Å²) < 4.78 is 13.2. The molecular formula is C11H17ClFNO. The number of aliphatic hydroxyl groups excluding tert-OH is 1. The Morgan fingerprint density at radius 1 is 1.33 bits per heavy atom. The molecule has 3 N–H and O–H groups in total. The van der Waals surface area contributed by atoms with E-state index in [1.807, 2.05) is 0 Å². The molecule has 15 heavy (non-hydrogen) atoms. The zero-order valence-corrected chi connectivity index (χ0v) is 9.77. The largest absolute Gasteiger partial charge is 0.395 e. The first-order chi connectivity index (χ1) is 6.54. The van der Waals surface area contributed by atoms with Gasteiger partial charge in [0, 0.05) is 6.04 Å². The Labute approximate surface area is 95.7 Å². The van der Waals surface area contributed by atoms with E-state index < -0.39 is 0 Å². The number of aliphatic hydroxyl groups is 1. The first kappa shape index (κ1) is 14.4. The van der Waals surface area contributed by atoms with E-state index in [4.69, 9.17) is 10.8 Å². The first-order valence-electron chi connectivity index (χ1n) is 4.66. The molecule has 86 valence electrons. The van der Waals surface area contributed by atoms with Crippen molar-refractivity contribution in [2.75, 3.05) is 6.61 Å². The van der Waals surface area contributed by atoms with Gasteiger partial charge in [-0.05, 0) is 37.0 Å². The third-order valence-corrected chi connectivity index (χ3v) is 2.23. The summed E-state index contributed by atoms with van der Waals surface area (Å²) in [6.07, 6.45) is 0.582. The molecule has 0 aliphatic rings. The maximum atomic E-state index is 13.2. The molecule has 1 aromatic carbocycles. The molecule has 0 bridgehead atoms. The second-order valence-electron chi connectivity index (χ2n) is 3.69. The van der Waals surface area contributed by atoms with Crippen molar-refractivity contribution in [2.24, 2.45) is 5.73 Å². The molecule has 1 aromatic rings. The van der Waals surface area contributed by atoms with Gasteiger partial charge in [0.05, 0.1) is 6.61 Å². The average Bonchev–Trinajstić information content (AvgIpc) is 2.14. The fraction of sp³-hybridized carbons (Fsp3) is 0.455. The van der Waals surface area contributed by atoms with Crippen LogP contribution in [0.25, 0.3) is 0 Å². The molecule has 0 saturated carbocycles. The van der Waals surface area contributed by atoms with E-state index in [1.54, 1.807) is 26.0 Å². The Hall–Kier alpha value is -0.640. The van der Waals surface area contributed by atoms with E-state index >= 15 is 0 Å². The van der Waals surface area contributed by atoms with Crippen molar-refractivity contribution in [3.63, 3.8) is 0 Å². The maximum absolute atomic E-state index is 13.2. The highest BCUT2D eigenvalue weighted by Crippen LogP contribution is 2.15. The molecule has 1 atom stereocenters. The third-order valence-electron chi connectivity index (χ3n) is 2.23. The number of hydrogen-bond donors (Lipinski definition) is 2. The van der Waals surface area contributed by atoms with Gasteiger partial charge in [-0.25, -0.2) is 4.39 Å². The molecule has 1 rings (SSSR count). The van der Waals surface area contributed by atoms with Gasteiger partial charge in [0.15, 0.2) is 0 Å². The minimum Gasteiger partial charge on any atom is -0.395 e. The molecule has 0 fully saturated rings. The van der Waals surface area contributed by atoms with Crippen LogP contribution < -0.4 is 5.73 Å². The zero-order chi connectivity index (χ0) is 10.7.